The van der Waals surface area contributed by atoms with Crippen LogP contribution < -0.4 is 15.8 Å². The average Bonchev–Trinajstić information content (AvgIpc) is 2.99. The first-order valence-electron chi connectivity index (χ1n) is 15.0. The number of nitrogens with two attached hydrogens (primary N) is 1. The van der Waals surface area contributed by atoms with E-state index in [0.717, 1.165) is 27.7 Å². The lowest BCUT2D eigenvalue weighted by atomic mass is 9.98. The van der Waals surface area contributed by atoms with Gasteiger partial charge in [0.1, 0.15) is 36.9 Å². The lowest BCUT2D eigenvalue weighted by Gasteiger charge is -2.43. The molecule has 2 rings (SSSR count). The van der Waals surface area contributed by atoms with Crippen LogP contribution in [0.3, 0.4) is 0 Å². The Morgan fingerprint density at radius 2 is 1.40 bits per heavy atom. The van der Waals surface area contributed by atoms with Crippen LogP contribution >= 0.6 is 0 Å². The molecule has 0 radical (unpaired) electrons. The van der Waals surface area contributed by atoms with Gasteiger partial charge in [0, 0.05) is 34.1 Å². The lowest BCUT2D eigenvalue weighted by Crippen LogP contribution is -2.63. The number of benzene rings is 1. The Bertz CT molecular complexity index is 1300. The highest BCUT2D eigenvalue weighted by Crippen LogP contribution is 2.31. The Kier molecular flexibility index (Phi) is 15.7. The van der Waals surface area contributed by atoms with Crippen LogP contribution in [-0.4, -0.2) is 97.7 Å². The molecule has 17 nitrogen and oxygen atoms in total. The van der Waals surface area contributed by atoms with Gasteiger partial charge in [-0.1, -0.05) is 12.1 Å². The second-order valence-electron chi connectivity index (χ2n) is 10.9. The molecule has 0 unspecified atom stereocenters. The van der Waals surface area contributed by atoms with Gasteiger partial charge in [-0.25, -0.2) is 9.59 Å². The van der Waals surface area contributed by atoms with Gasteiger partial charge in [0.2, 0.25) is 12.4 Å². The van der Waals surface area contributed by atoms with Crippen LogP contribution in [0.2, 0.25) is 0 Å². The summed E-state index contributed by atoms with van der Waals surface area (Å²) >= 11 is 0. The van der Waals surface area contributed by atoms with Crippen molar-refractivity contribution in [1.29, 1.82) is 0 Å². The normalized spacial score (nSPS) is 20.8. The summed E-state index contributed by atoms with van der Waals surface area (Å²) in [7, 11) is 0. The number of ether oxygens (including phenoxy) is 8. The smallest absolute Gasteiger partial charge is 0.408 e. The van der Waals surface area contributed by atoms with Gasteiger partial charge in [-0.05, 0) is 38.0 Å². The summed E-state index contributed by atoms with van der Waals surface area (Å²) in [5.74, 6) is -3.86. The fourth-order valence-electron chi connectivity index (χ4n) is 4.39. The molecular weight excluding hydrogens is 640 g/mol. The van der Waals surface area contributed by atoms with E-state index in [2.05, 4.69) is 5.32 Å². The zero-order chi connectivity index (χ0) is 36.0. The van der Waals surface area contributed by atoms with E-state index in [1.165, 1.54) is 24.3 Å². The van der Waals surface area contributed by atoms with Crippen LogP contribution in [-0.2, 0) is 68.5 Å². The number of alkyl carbamates (subject to hydrolysis) is 1. The minimum absolute atomic E-state index is 0.0258. The maximum atomic E-state index is 12.5. The molecule has 3 N–H and O–H groups in total. The van der Waals surface area contributed by atoms with Crippen LogP contribution in [0.4, 0.5) is 4.79 Å². The third-order valence-corrected chi connectivity index (χ3v) is 6.36. The minimum Gasteiger partial charge on any atom is -0.463 e. The number of Topliss-reactive ketones (excluding diaryl/α,β-unsaturated/α-hetero) is 1. The van der Waals surface area contributed by atoms with E-state index >= 15 is 0 Å². The van der Waals surface area contributed by atoms with Crippen LogP contribution in [0.25, 0.3) is 0 Å². The summed E-state index contributed by atoms with van der Waals surface area (Å²) in [4.78, 5) is 84.0. The van der Waals surface area contributed by atoms with E-state index in [9.17, 15) is 33.6 Å². The minimum atomic E-state index is -1.44. The molecule has 0 bridgehead atoms. The Labute approximate surface area is 276 Å². The van der Waals surface area contributed by atoms with Gasteiger partial charge >= 0.3 is 35.9 Å². The van der Waals surface area contributed by atoms with Crippen molar-refractivity contribution < 1.29 is 71.5 Å². The Morgan fingerprint density at radius 1 is 0.812 bits per heavy atom. The molecule has 0 aromatic heterocycles. The van der Waals surface area contributed by atoms with E-state index in [1.807, 2.05) is 0 Å². The van der Waals surface area contributed by atoms with Gasteiger partial charge in [0.15, 0.2) is 12.2 Å². The fourth-order valence-corrected chi connectivity index (χ4v) is 4.39. The predicted octanol–water partition coefficient (Wildman–Crippen LogP) is 1.00. The Hall–Kier alpha value is -4.77. The summed E-state index contributed by atoms with van der Waals surface area (Å²) in [5, 5.41) is 2.40. The summed E-state index contributed by atoms with van der Waals surface area (Å²) in [6.45, 7) is 6.90. The molecule has 266 valence electrons. The maximum Gasteiger partial charge on any atom is 0.408 e. The van der Waals surface area contributed by atoms with E-state index < -0.39 is 85.4 Å². The topological polar surface area (TPSA) is 231 Å². The number of rotatable bonds is 16. The maximum absolute atomic E-state index is 12.5. The Morgan fingerprint density at radius 3 is 1.94 bits per heavy atom. The number of hydrogen-bond donors (Lipinski definition) is 2. The molecule has 1 heterocycles. The van der Waals surface area contributed by atoms with Crippen LogP contribution in [0.5, 0.6) is 5.75 Å². The van der Waals surface area contributed by atoms with E-state index in [4.69, 9.17) is 43.6 Å². The van der Waals surface area contributed by atoms with Crippen LogP contribution in [0.15, 0.2) is 24.3 Å². The van der Waals surface area contributed by atoms with Crippen molar-refractivity contribution in [2.45, 2.75) is 104 Å². The monoisotopic (exact) mass is 682 g/mol. The highest BCUT2D eigenvalue weighted by atomic mass is 16.7. The molecule has 0 spiro atoms. The molecule has 1 aromatic rings. The number of carbonyl (C=O) groups excluding carboxylic acids is 7. The van der Waals surface area contributed by atoms with Crippen molar-refractivity contribution in [1.82, 2.24) is 5.32 Å². The van der Waals surface area contributed by atoms with Gasteiger partial charge in [-0.15, -0.1) is 0 Å². The first kappa shape index (κ1) is 39.4. The summed E-state index contributed by atoms with van der Waals surface area (Å²) in [6, 6.07) is 4.90. The van der Waals surface area contributed by atoms with Crippen LogP contribution in [0.1, 0.15) is 59.9 Å². The molecule has 0 aliphatic carbocycles. The first-order chi connectivity index (χ1) is 22.6. The van der Waals surface area contributed by atoms with Gasteiger partial charge in [-0.2, -0.15) is 0 Å². The molecule has 1 aliphatic heterocycles. The van der Waals surface area contributed by atoms with Crippen LogP contribution in [0, 0.1) is 0 Å². The zero-order valence-corrected chi connectivity index (χ0v) is 27.6. The van der Waals surface area contributed by atoms with E-state index in [0.29, 0.717) is 5.56 Å². The molecule has 1 saturated heterocycles. The van der Waals surface area contributed by atoms with Crippen molar-refractivity contribution in [3.8, 4) is 5.75 Å². The number of esters is 5. The van der Waals surface area contributed by atoms with Crippen molar-refractivity contribution in [2.75, 3.05) is 13.2 Å². The molecule has 48 heavy (non-hydrogen) atoms. The van der Waals surface area contributed by atoms with Gasteiger partial charge in [0.05, 0.1) is 12.6 Å². The van der Waals surface area contributed by atoms with E-state index in [-0.39, 0.29) is 37.5 Å². The van der Waals surface area contributed by atoms with E-state index in [1.54, 1.807) is 13.8 Å². The lowest BCUT2D eigenvalue weighted by molar-refractivity contribution is -0.288. The summed E-state index contributed by atoms with van der Waals surface area (Å²) in [5.41, 5.74) is 5.82. The summed E-state index contributed by atoms with van der Waals surface area (Å²) in [6.07, 6.45) is -8.26. The quantitative estimate of drug-likeness (QED) is 0.183. The summed E-state index contributed by atoms with van der Waals surface area (Å²) < 4.78 is 43.4. The number of ketones is 1. The van der Waals surface area contributed by atoms with Gasteiger partial charge < -0.3 is 48.9 Å². The van der Waals surface area contributed by atoms with Crippen molar-refractivity contribution >= 4 is 41.7 Å². The number of carbonyl (C=O) groups is 7. The third-order valence-electron chi connectivity index (χ3n) is 6.36. The first-order valence-corrected chi connectivity index (χ1v) is 15.0. The van der Waals surface area contributed by atoms with Gasteiger partial charge in [0.25, 0.3) is 0 Å². The standard InChI is InChI=1S/C31H42N2O15/c1-16(2)43-29(39)24(12-9-22(38)13-32)33-31(40)42-14-21-7-10-23(11-8-21)47-30-28(46-20(6)37)27(45-19(5)36)26(44-18(4)35)25(48-30)15-41-17(3)34/h7-8,10-11,16,24-28,30H,9,12-15,32H2,1-6H3,(H,33,40)/t24-,25+,26-,27-,28+,30-/m0/s1. The van der Waals surface area contributed by atoms with Gasteiger partial charge in [-0.3, -0.25) is 24.0 Å². The highest BCUT2D eigenvalue weighted by molar-refractivity contribution is 5.84. The number of amides is 1. The largest absolute Gasteiger partial charge is 0.463 e. The molecule has 17 heteroatoms. The molecule has 6 atom stereocenters. The number of nitrogens with one attached hydrogen (secondary N) is 1. The Balaban J connectivity index is 2.19. The average molecular weight is 683 g/mol. The number of hydrogen-bond acceptors (Lipinski definition) is 16. The second kappa shape index (κ2) is 19.1. The fraction of sp³-hybridized carbons (Fsp3) is 0.581. The zero-order valence-electron chi connectivity index (χ0n) is 27.6. The van der Waals surface area contributed by atoms with Crippen molar-refractivity contribution in [3.05, 3.63) is 29.8 Å². The highest BCUT2D eigenvalue weighted by Gasteiger charge is 2.53. The SMILES string of the molecule is CC(=O)OC[C@H]1O[C@H](Oc2ccc(COC(=O)N[C@@H](CCC(=O)CN)C(=O)OC(C)C)cc2)[C@H](OC(C)=O)[C@@H](OC(C)=O)[C@H]1OC(C)=O. The molecule has 0 saturated carbocycles. The third kappa shape index (κ3) is 13.5. The molecule has 1 fully saturated rings. The van der Waals surface area contributed by atoms with Crippen molar-refractivity contribution in [2.24, 2.45) is 5.73 Å². The predicted molar refractivity (Wildman–Crippen MR) is 161 cm³/mol. The molecule has 1 amide bonds. The molecular formula is C31H42N2O15. The molecule has 1 aliphatic rings. The second-order valence-corrected chi connectivity index (χ2v) is 10.9. The van der Waals surface area contributed by atoms with Crippen molar-refractivity contribution in [3.63, 3.8) is 0 Å². The molecule has 1 aromatic carbocycles.